The molecule has 0 unspecified atom stereocenters. The molecule has 0 N–H and O–H groups in total. The Morgan fingerprint density at radius 3 is 2.56 bits per heavy atom. The molecule has 2 aliphatic rings. The van der Waals surface area contributed by atoms with Crippen molar-refractivity contribution < 1.29 is 27.2 Å². The molecule has 11 heteroatoms. The van der Waals surface area contributed by atoms with E-state index in [1.807, 2.05) is 24.5 Å². The van der Waals surface area contributed by atoms with Crippen LogP contribution in [0.2, 0.25) is 0 Å². The highest BCUT2D eigenvalue weighted by atomic mass is 19.3. The fourth-order valence-corrected chi connectivity index (χ4v) is 5.97. The fourth-order valence-electron chi connectivity index (χ4n) is 5.97. The maximum absolute atomic E-state index is 14.6. The summed E-state index contributed by atoms with van der Waals surface area (Å²) in [5.41, 5.74) is 3.86. The number of anilines is 1. The van der Waals surface area contributed by atoms with E-state index < -0.39 is 17.8 Å². The van der Waals surface area contributed by atoms with E-state index in [4.69, 9.17) is 19.2 Å². The van der Waals surface area contributed by atoms with Gasteiger partial charge in [-0.2, -0.15) is 0 Å². The van der Waals surface area contributed by atoms with Crippen molar-refractivity contribution in [3.63, 3.8) is 0 Å². The molecule has 1 atom stereocenters. The van der Waals surface area contributed by atoms with E-state index in [1.165, 1.54) is 19.2 Å². The number of alkyl halides is 2. The smallest absolute Gasteiger partial charge is 0.248 e. The lowest BCUT2D eigenvalue weighted by atomic mass is 9.91. The van der Waals surface area contributed by atoms with Gasteiger partial charge in [0.05, 0.1) is 18.8 Å². The van der Waals surface area contributed by atoms with Gasteiger partial charge in [0.2, 0.25) is 11.8 Å². The van der Waals surface area contributed by atoms with Crippen LogP contribution in [0.15, 0.2) is 35.0 Å². The summed E-state index contributed by atoms with van der Waals surface area (Å²) in [7, 11) is 1.38. The van der Waals surface area contributed by atoms with Crippen LogP contribution in [0.3, 0.4) is 0 Å². The molecule has 1 aromatic carbocycles. The molecule has 0 radical (unpaired) electrons. The number of halogens is 3. The number of hydrogen-bond acceptors (Lipinski definition) is 6. The summed E-state index contributed by atoms with van der Waals surface area (Å²) < 4.78 is 55.1. The predicted octanol–water partition coefficient (Wildman–Crippen LogP) is 6.47. The molecule has 0 bridgehead atoms. The number of nitrogens with zero attached hydrogens (tertiary/aromatic N) is 5. The largest absolute Gasteiger partial charge is 0.494 e. The number of ether oxygens (including phenoxy) is 1. The van der Waals surface area contributed by atoms with Gasteiger partial charge in [0.15, 0.2) is 17.2 Å². The van der Waals surface area contributed by atoms with Gasteiger partial charge in [0, 0.05) is 54.4 Å². The molecule has 1 aliphatic heterocycles. The van der Waals surface area contributed by atoms with Gasteiger partial charge in [-0.1, -0.05) is 5.16 Å². The molecule has 39 heavy (non-hydrogen) atoms. The average molecular weight is 540 g/mol. The van der Waals surface area contributed by atoms with Crippen LogP contribution < -0.4 is 9.64 Å². The highest BCUT2D eigenvalue weighted by molar-refractivity contribution is 5.96. The van der Waals surface area contributed by atoms with Gasteiger partial charge < -0.3 is 18.7 Å². The SMILES string of the molecule is COc1ccc(N2C(=O)CC[C@H]2c2nc3cc(-c4c(C)noc4C)cnc3n2C2CCC(F)(F)CC2)cc1F. The third kappa shape index (κ3) is 4.33. The van der Waals surface area contributed by atoms with Crippen LogP contribution in [-0.2, 0) is 4.79 Å². The van der Waals surface area contributed by atoms with Crippen molar-refractivity contribution >= 4 is 22.8 Å². The monoisotopic (exact) mass is 539 g/mol. The minimum absolute atomic E-state index is 0.0772. The Balaban J connectivity index is 1.49. The number of methoxy groups -OCH3 is 1. The number of benzene rings is 1. The van der Waals surface area contributed by atoms with E-state index in [9.17, 15) is 18.0 Å². The molecule has 0 spiro atoms. The van der Waals surface area contributed by atoms with Crippen LogP contribution in [0.1, 0.15) is 67.9 Å². The van der Waals surface area contributed by atoms with Gasteiger partial charge in [0.1, 0.15) is 17.1 Å². The average Bonchev–Trinajstić information content (AvgIpc) is 3.57. The molecule has 204 valence electrons. The van der Waals surface area contributed by atoms with Crippen molar-refractivity contribution in [2.24, 2.45) is 0 Å². The van der Waals surface area contributed by atoms with Crippen molar-refractivity contribution in [2.45, 2.75) is 70.4 Å². The van der Waals surface area contributed by atoms with E-state index in [1.54, 1.807) is 17.2 Å². The van der Waals surface area contributed by atoms with Gasteiger partial charge in [-0.3, -0.25) is 4.79 Å². The van der Waals surface area contributed by atoms with E-state index >= 15 is 0 Å². The molecule has 4 aromatic rings. The number of aryl methyl sites for hydroxylation is 2. The molecule has 1 aliphatic carbocycles. The molecular formula is C28H28F3N5O3. The van der Waals surface area contributed by atoms with Gasteiger partial charge >= 0.3 is 0 Å². The van der Waals surface area contributed by atoms with Crippen LogP contribution >= 0.6 is 0 Å². The van der Waals surface area contributed by atoms with Crippen LogP contribution in [0.5, 0.6) is 5.75 Å². The number of carbonyl (C=O) groups excluding carboxylic acids is 1. The summed E-state index contributed by atoms with van der Waals surface area (Å²) in [6.45, 7) is 3.67. The number of fused-ring (bicyclic) bond motifs is 1. The number of imidazole rings is 1. The molecule has 6 rings (SSSR count). The molecule has 4 heterocycles. The van der Waals surface area contributed by atoms with Crippen molar-refractivity contribution in [1.82, 2.24) is 19.7 Å². The summed E-state index contributed by atoms with van der Waals surface area (Å²) in [5.74, 6) is -2.16. The Kier molecular flexibility index (Phi) is 6.11. The first-order chi connectivity index (χ1) is 18.7. The first kappa shape index (κ1) is 25.4. The molecule has 8 nitrogen and oxygen atoms in total. The Bertz CT molecular complexity index is 1550. The maximum atomic E-state index is 14.6. The molecule has 1 saturated carbocycles. The first-order valence-electron chi connectivity index (χ1n) is 13.0. The highest BCUT2D eigenvalue weighted by Crippen LogP contribution is 2.44. The highest BCUT2D eigenvalue weighted by Gasteiger charge is 2.41. The topological polar surface area (TPSA) is 86.3 Å². The Hall–Kier alpha value is -3.89. The van der Waals surface area contributed by atoms with Crippen LogP contribution in [0, 0.1) is 19.7 Å². The Labute approximate surface area is 222 Å². The van der Waals surface area contributed by atoms with Gasteiger partial charge in [-0.05, 0) is 51.3 Å². The third-order valence-corrected chi connectivity index (χ3v) is 7.85. The summed E-state index contributed by atoms with van der Waals surface area (Å²) in [6.07, 6.45) is 2.48. The minimum atomic E-state index is -2.70. The number of amides is 1. The van der Waals surface area contributed by atoms with Gasteiger partial charge in [0.25, 0.3) is 0 Å². The molecule has 1 amide bonds. The number of carbonyl (C=O) groups is 1. The van der Waals surface area contributed by atoms with Crippen LogP contribution in [0.4, 0.5) is 18.9 Å². The Morgan fingerprint density at radius 2 is 1.90 bits per heavy atom. The Morgan fingerprint density at radius 1 is 1.13 bits per heavy atom. The van der Waals surface area contributed by atoms with E-state index in [0.717, 1.165) is 16.8 Å². The van der Waals surface area contributed by atoms with Crippen molar-refractivity contribution in [3.05, 3.63) is 53.6 Å². The summed E-state index contributed by atoms with van der Waals surface area (Å²) in [4.78, 5) is 24.3. The number of pyridine rings is 1. The lowest BCUT2D eigenvalue weighted by Gasteiger charge is -2.32. The quantitative estimate of drug-likeness (QED) is 0.289. The molecule has 2 fully saturated rings. The van der Waals surface area contributed by atoms with Crippen LogP contribution in [0.25, 0.3) is 22.3 Å². The standard InChI is InChI=1S/C28H28F3N5O3/c1-15-25(16(2)39-34-15)17-12-21-26(32-14-17)36(18-8-10-28(30,31)11-9-18)27(33-21)22-5-7-24(37)35(22)19-4-6-23(38-3)20(29)13-19/h4,6,12-14,18,22H,5,7-11H2,1-3H3/t22-/m0/s1. The second-order valence-corrected chi connectivity index (χ2v) is 10.3. The maximum Gasteiger partial charge on any atom is 0.248 e. The molecule has 1 saturated heterocycles. The summed E-state index contributed by atoms with van der Waals surface area (Å²) >= 11 is 0. The molecule has 3 aromatic heterocycles. The summed E-state index contributed by atoms with van der Waals surface area (Å²) in [6, 6.07) is 5.52. The zero-order chi connectivity index (χ0) is 27.5. The number of hydrogen-bond donors (Lipinski definition) is 0. The van der Waals surface area contributed by atoms with Crippen molar-refractivity contribution in [1.29, 1.82) is 0 Å². The van der Waals surface area contributed by atoms with Gasteiger partial charge in [-0.25, -0.2) is 23.1 Å². The lowest BCUT2D eigenvalue weighted by molar-refractivity contribution is -0.117. The minimum Gasteiger partial charge on any atom is -0.494 e. The second kappa shape index (κ2) is 9.39. The lowest BCUT2D eigenvalue weighted by Crippen LogP contribution is -2.32. The number of rotatable bonds is 5. The van der Waals surface area contributed by atoms with Crippen molar-refractivity contribution in [3.8, 4) is 16.9 Å². The zero-order valence-electron chi connectivity index (χ0n) is 21.9. The van der Waals surface area contributed by atoms with E-state index in [0.29, 0.717) is 34.9 Å². The van der Waals surface area contributed by atoms with Crippen LogP contribution in [-0.4, -0.2) is 38.6 Å². The van der Waals surface area contributed by atoms with Crippen molar-refractivity contribution in [2.75, 3.05) is 12.0 Å². The van der Waals surface area contributed by atoms with E-state index in [-0.39, 0.29) is 49.8 Å². The molecular weight excluding hydrogens is 511 g/mol. The normalized spacial score (nSPS) is 19.8. The van der Waals surface area contributed by atoms with Gasteiger partial charge in [-0.15, -0.1) is 0 Å². The second-order valence-electron chi connectivity index (χ2n) is 10.3. The predicted molar refractivity (Wildman–Crippen MR) is 137 cm³/mol. The summed E-state index contributed by atoms with van der Waals surface area (Å²) in [5, 5.41) is 4.03. The number of aromatic nitrogens is 4. The van der Waals surface area contributed by atoms with E-state index in [2.05, 4.69) is 5.16 Å². The zero-order valence-corrected chi connectivity index (χ0v) is 21.9. The fraction of sp³-hybridized carbons (Fsp3) is 0.429. The third-order valence-electron chi connectivity index (χ3n) is 7.85. The first-order valence-corrected chi connectivity index (χ1v) is 13.0.